The summed E-state index contributed by atoms with van der Waals surface area (Å²) in [6, 6.07) is 7.13. The Kier molecular flexibility index (Phi) is 2.81. The lowest BCUT2D eigenvalue weighted by molar-refractivity contribution is -0.157. The molecule has 3 N–H and O–H groups in total. The van der Waals surface area contributed by atoms with E-state index in [0.29, 0.717) is 6.42 Å². The van der Waals surface area contributed by atoms with Crippen LogP contribution in [0.5, 0.6) is 0 Å². The third kappa shape index (κ3) is 2.07. The number of carbonyl (C=O) groups is 1. The molecule has 0 aromatic heterocycles. The van der Waals surface area contributed by atoms with E-state index in [4.69, 9.17) is 4.74 Å². The molecule has 1 aromatic carbocycles. The predicted molar refractivity (Wildman–Crippen MR) is 75.1 cm³/mol. The maximum absolute atomic E-state index is 12.1. The van der Waals surface area contributed by atoms with Gasteiger partial charge in [-0.3, -0.25) is 10.1 Å². The zero-order chi connectivity index (χ0) is 14.5. The summed E-state index contributed by atoms with van der Waals surface area (Å²) in [5.41, 5.74) is 0.168. The molecule has 2 aliphatic heterocycles. The van der Waals surface area contributed by atoms with Crippen LogP contribution in [-0.4, -0.2) is 28.9 Å². The van der Waals surface area contributed by atoms with Crippen molar-refractivity contribution in [2.24, 2.45) is 0 Å². The highest BCUT2D eigenvalue weighted by molar-refractivity contribution is 5.78. The van der Waals surface area contributed by atoms with E-state index in [0.717, 1.165) is 11.3 Å². The molecular formula is C15H20N2O3. The van der Waals surface area contributed by atoms with Gasteiger partial charge in [0, 0.05) is 17.7 Å². The first-order valence-electron chi connectivity index (χ1n) is 6.87. The van der Waals surface area contributed by atoms with Crippen molar-refractivity contribution in [3.63, 3.8) is 0 Å². The summed E-state index contributed by atoms with van der Waals surface area (Å²) in [5, 5.41) is 17.2. The van der Waals surface area contributed by atoms with Gasteiger partial charge in [0.15, 0.2) is 0 Å². The van der Waals surface area contributed by atoms with Crippen LogP contribution in [0.3, 0.4) is 0 Å². The highest BCUT2D eigenvalue weighted by Crippen LogP contribution is 2.45. The molecular weight excluding hydrogens is 256 g/mol. The molecule has 0 saturated carbocycles. The molecule has 5 heteroatoms. The summed E-state index contributed by atoms with van der Waals surface area (Å²) in [4.78, 5) is 12.1. The molecule has 1 saturated heterocycles. The van der Waals surface area contributed by atoms with E-state index in [1.54, 1.807) is 0 Å². The van der Waals surface area contributed by atoms with Gasteiger partial charge in [-0.05, 0) is 26.8 Å². The maximum Gasteiger partial charge on any atom is 0.323 e. The smallest absolute Gasteiger partial charge is 0.323 e. The predicted octanol–water partition coefficient (Wildman–Crippen LogP) is 1.33. The lowest BCUT2D eigenvalue weighted by atomic mass is 9.91. The maximum atomic E-state index is 12.1. The van der Waals surface area contributed by atoms with E-state index < -0.39 is 17.2 Å². The van der Waals surface area contributed by atoms with Gasteiger partial charge in [0.25, 0.3) is 0 Å². The molecule has 5 nitrogen and oxygen atoms in total. The first kappa shape index (κ1) is 13.4. The minimum absolute atomic E-state index is 0.316. The van der Waals surface area contributed by atoms with Gasteiger partial charge >= 0.3 is 5.97 Å². The second-order valence-electron chi connectivity index (χ2n) is 6.50. The molecule has 0 aliphatic carbocycles. The van der Waals surface area contributed by atoms with Crippen LogP contribution in [0.15, 0.2) is 24.3 Å². The molecule has 1 fully saturated rings. The van der Waals surface area contributed by atoms with Crippen molar-refractivity contribution in [2.75, 3.05) is 5.32 Å². The zero-order valence-electron chi connectivity index (χ0n) is 11.9. The molecule has 2 aliphatic rings. The lowest BCUT2D eigenvalue weighted by Crippen LogP contribution is -2.44. The highest BCUT2D eigenvalue weighted by atomic mass is 16.6. The molecule has 0 radical (unpaired) electrons. The van der Waals surface area contributed by atoms with Crippen molar-refractivity contribution >= 4 is 11.7 Å². The minimum Gasteiger partial charge on any atom is -0.459 e. The Bertz CT molecular complexity index is 552. The van der Waals surface area contributed by atoms with Crippen LogP contribution in [0.1, 0.15) is 32.8 Å². The molecule has 1 aromatic rings. The van der Waals surface area contributed by atoms with E-state index >= 15 is 0 Å². The Balaban J connectivity index is 1.80. The van der Waals surface area contributed by atoms with Crippen LogP contribution in [0.4, 0.5) is 5.69 Å². The van der Waals surface area contributed by atoms with E-state index in [-0.39, 0.29) is 12.1 Å². The first-order chi connectivity index (χ1) is 9.29. The molecule has 0 bridgehead atoms. The monoisotopic (exact) mass is 276 g/mol. The highest BCUT2D eigenvalue weighted by Gasteiger charge is 2.54. The van der Waals surface area contributed by atoms with Crippen molar-refractivity contribution in [1.29, 1.82) is 0 Å². The number of rotatable bonds is 1. The fraction of sp³-hybridized carbons (Fsp3) is 0.533. The SMILES string of the molecule is CC(C)(C)OC(=O)[C@@H]1C[C@]2(O)c3ccccc3N[C@@H]2N1. The quantitative estimate of drug-likeness (QED) is 0.675. The second-order valence-corrected chi connectivity index (χ2v) is 6.50. The normalized spacial score (nSPS) is 31.4. The van der Waals surface area contributed by atoms with Crippen molar-refractivity contribution in [3.05, 3.63) is 29.8 Å². The van der Waals surface area contributed by atoms with Crippen LogP contribution in [0.2, 0.25) is 0 Å². The largest absolute Gasteiger partial charge is 0.459 e. The third-order valence-electron chi connectivity index (χ3n) is 3.75. The number of anilines is 1. The number of benzene rings is 1. The summed E-state index contributed by atoms with van der Waals surface area (Å²) in [5.74, 6) is -0.320. The van der Waals surface area contributed by atoms with Crippen molar-refractivity contribution < 1.29 is 14.6 Å². The molecule has 0 amide bonds. The number of aliphatic hydroxyl groups is 1. The second kappa shape index (κ2) is 4.20. The average Bonchev–Trinajstić information content (AvgIpc) is 2.78. The molecule has 0 unspecified atom stereocenters. The van der Waals surface area contributed by atoms with Crippen molar-refractivity contribution in [2.45, 2.75) is 50.6 Å². The number of para-hydroxylation sites is 1. The van der Waals surface area contributed by atoms with Crippen molar-refractivity contribution in [3.8, 4) is 0 Å². The van der Waals surface area contributed by atoms with Crippen LogP contribution >= 0.6 is 0 Å². The van der Waals surface area contributed by atoms with Crippen LogP contribution in [-0.2, 0) is 15.1 Å². The number of carbonyl (C=O) groups excluding carboxylic acids is 1. The number of hydrogen-bond donors (Lipinski definition) is 3. The number of nitrogens with one attached hydrogen (secondary N) is 2. The van der Waals surface area contributed by atoms with Gasteiger partial charge in [-0.25, -0.2) is 0 Å². The minimum atomic E-state index is -1.06. The molecule has 20 heavy (non-hydrogen) atoms. The summed E-state index contributed by atoms with van der Waals surface area (Å²) in [7, 11) is 0. The van der Waals surface area contributed by atoms with Gasteiger partial charge in [-0.15, -0.1) is 0 Å². The van der Waals surface area contributed by atoms with Crippen molar-refractivity contribution in [1.82, 2.24) is 5.32 Å². The van der Waals surface area contributed by atoms with E-state index in [2.05, 4.69) is 10.6 Å². The van der Waals surface area contributed by atoms with Gasteiger partial charge in [0.2, 0.25) is 0 Å². The Morgan fingerprint density at radius 2 is 2.10 bits per heavy atom. The van der Waals surface area contributed by atoms with Gasteiger partial charge in [0.05, 0.1) is 0 Å². The fourth-order valence-corrected chi connectivity index (χ4v) is 2.92. The van der Waals surface area contributed by atoms with Gasteiger partial charge < -0.3 is 15.2 Å². The Morgan fingerprint density at radius 3 is 2.80 bits per heavy atom. The van der Waals surface area contributed by atoms with E-state index in [1.807, 2.05) is 45.0 Å². The Morgan fingerprint density at radius 1 is 1.40 bits per heavy atom. The summed E-state index contributed by atoms with van der Waals surface area (Å²) < 4.78 is 5.38. The fourth-order valence-electron chi connectivity index (χ4n) is 2.92. The first-order valence-corrected chi connectivity index (χ1v) is 6.87. The number of hydrogen-bond acceptors (Lipinski definition) is 5. The van der Waals surface area contributed by atoms with E-state index in [9.17, 15) is 9.90 Å². The van der Waals surface area contributed by atoms with Crippen LogP contribution < -0.4 is 10.6 Å². The number of ether oxygens (including phenoxy) is 1. The zero-order valence-corrected chi connectivity index (χ0v) is 11.9. The standard InChI is InChI=1S/C15H20N2O3/c1-14(2,3)20-12(18)11-8-15(19)9-6-4-5-7-10(9)16-13(15)17-11/h4-7,11,13,16-17,19H,8H2,1-3H3/t11-,13+,15-/m0/s1. The number of esters is 1. The van der Waals surface area contributed by atoms with Gasteiger partial charge in [0.1, 0.15) is 23.4 Å². The molecule has 108 valence electrons. The topological polar surface area (TPSA) is 70.6 Å². The van der Waals surface area contributed by atoms with Gasteiger partial charge in [-0.2, -0.15) is 0 Å². The van der Waals surface area contributed by atoms with Crippen LogP contribution in [0.25, 0.3) is 0 Å². The number of fused-ring (bicyclic) bond motifs is 3. The average molecular weight is 276 g/mol. The molecule has 3 atom stereocenters. The lowest BCUT2D eigenvalue weighted by Gasteiger charge is -2.23. The summed E-state index contributed by atoms with van der Waals surface area (Å²) >= 11 is 0. The molecule has 3 rings (SSSR count). The van der Waals surface area contributed by atoms with Crippen LogP contribution in [0, 0.1) is 0 Å². The Hall–Kier alpha value is -1.59. The molecule has 2 heterocycles. The Labute approximate surface area is 118 Å². The molecule has 0 spiro atoms. The van der Waals surface area contributed by atoms with Gasteiger partial charge in [-0.1, -0.05) is 18.2 Å². The summed E-state index contributed by atoms with van der Waals surface area (Å²) in [6.07, 6.45) is -0.0335. The van der Waals surface area contributed by atoms with E-state index in [1.165, 1.54) is 0 Å². The summed E-state index contributed by atoms with van der Waals surface area (Å²) in [6.45, 7) is 5.51. The third-order valence-corrected chi connectivity index (χ3v) is 3.75.